The van der Waals surface area contributed by atoms with Crippen LogP contribution < -0.4 is 5.32 Å². The van der Waals surface area contributed by atoms with Crippen molar-refractivity contribution in [1.29, 1.82) is 0 Å². The molecule has 2 atom stereocenters. The van der Waals surface area contributed by atoms with Gasteiger partial charge in [0, 0.05) is 51.2 Å². The molecule has 3 rings (SSSR count). The summed E-state index contributed by atoms with van der Waals surface area (Å²) in [6.45, 7) is 14.3. The second-order valence-electron chi connectivity index (χ2n) is 7.54. The van der Waals surface area contributed by atoms with Gasteiger partial charge in [-0.3, -0.25) is 9.89 Å². The molecule has 2 fully saturated rings. The van der Waals surface area contributed by atoms with Crippen molar-refractivity contribution in [2.24, 2.45) is 4.99 Å². The fourth-order valence-electron chi connectivity index (χ4n) is 3.82. The predicted octanol–water partition coefficient (Wildman–Crippen LogP) is 2.47. The zero-order valence-corrected chi connectivity index (χ0v) is 16.6. The first-order valence-corrected chi connectivity index (χ1v) is 10.1. The van der Waals surface area contributed by atoms with Crippen LogP contribution in [0, 0.1) is 6.92 Å². The molecule has 144 valence electrons. The van der Waals surface area contributed by atoms with Crippen molar-refractivity contribution in [3.05, 3.63) is 35.4 Å². The van der Waals surface area contributed by atoms with E-state index in [4.69, 9.17) is 9.73 Å². The first-order valence-electron chi connectivity index (χ1n) is 10.1. The molecule has 0 aromatic heterocycles. The molecule has 2 heterocycles. The molecule has 0 bridgehead atoms. The van der Waals surface area contributed by atoms with E-state index in [0.717, 1.165) is 58.4 Å². The minimum atomic E-state index is 0.432. The smallest absolute Gasteiger partial charge is 0.193 e. The second kappa shape index (κ2) is 9.38. The van der Waals surface area contributed by atoms with Crippen LogP contribution in [0.2, 0.25) is 0 Å². The third-order valence-electron chi connectivity index (χ3n) is 5.52. The molecule has 1 aromatic carbocycles. The standard InChI is InChI=1S/C21H34N4O/c1-4-22-21(23-15-18(3)19-7-5-17(2)6-8-19)25-10-9-20(16-25)24-11-13-26-14-12-24/h5-8,18,20H,4,9-16H2,1-3H3,(H,22,23). The number of benzene rings is 1. The third kappa shape index (κ3) is 4.98. The Hall–Kier alpha value is -1.59. The number of hydrogen-bond acceptors (Lipinski definition) is 3. The Morgan fingerprint density at radius 1 is 1.23 bits per heavy atom. The highest BCUT2D eigenvalue weighted by molar-refractivity contribution is 5.80. The SMILES string of the molecule is CCNC(=NCC(C)c1ccc(C)cc1)N1CCC(N2CCOCC2)C1. The molecule has 0 amide bonds. The number of guanidine groups is 1. The van der Waals surface area contributed by atoms with E-state index in [1.165, 1.54) is 17.5 Å². The zero-order valence-electron chi connectivity index (χ0n) is 16.6. The van der Waals surface area contributed by atoms with E-state index in [2.05, 4.69) is 60.2 Å². The van der Waals surface area contributed by atoms with Crippen LogP contribution in [0.5, 0.6) is 0 Å². The highest BCUT2D eigenvalue weighted by Gasteiger charge is 2.30. The van der Waals surface area contributed by atoms with Gasteiger partial charge in [-0.15, -0.1) is 0 Å². The van der Waals surface area contributed by atoms with Gasteiger partial charge in [-0.05, 0) is 25.8 Å². The molecule has 0 aliphatic carbocycles. The van der Waals surface area contributed by atoms with E-state index in [0.29, 0.717) is 12.0 Å². The molecule has 2 saturated heterocycles. The normalized spacial score (nSPS) is 23.3. The molecule has 0 radical (unpaired) electrons. The van der Waals surface area contributed by atoms with Crippen LogP contribution >= 0.6 is 0 Å². The summed E-state index contributed by atoms with van der Waals surface area (Å²) in [6.07, 6.45) is 1.22. The molecule has 26 heavy (non-hydrogen) atoms. The van der Waals surface area contributed by atoms with Gasteiger partial charge in [0.05, 0.1) is 13.2 Å². The Labute approximate surface area is 158 Å². The predicted molar refractivity (Wildman–Crippen MR) is 108 cm³/mol. The van der Waals surface area contributed by atoms with Crippen molar-refractivity contribution in [2.75, 3.05) is 52.5 Å². The average molecular weight is 359 g/mol. The van der Waals surface area contributed by atoms with Crippen molar-refractivity contribution < 1.29 is 4.74 Å². The monoisotopic (exact) mass is 358 g/mol. The third-order valence-corrected chi connectivity index (χ3v) is 5.52. The van der Waals surface area contributed by atoms with Crippen LogP contribution in [-0.4, -0.2) is 74.3 Å². The van der Waals surface area contributed by atoms with Crippen LogP contribution in [0.4, 0.5) is 0 Å². The number of aryl methyl sites for hydroxylation is 1. The summed E-state index contributed by atoms with van der Waals surface area (Å²) in [7, 11) is 0. The fourth-order valence-corrected chi connectivity index (χ4v) is 3.82. The number of rotatable bonds is 5. The minimum absolute atomic E-state index is 0.432. The fraction of sp³-hybridized carbons (Fsp3) is 0.667. The van der Waals surface area contributed by atoms with Crippen molar-refractivity contribution in [3.8, 4) is 0 Å². The van der Waals surface area contributed by atoms with Crippen LogP contribution in [0.15, 0.2) is 29.3 Å². The van der Waals surface area contributed by atoms with Gasteiger partial charge >= 0.3 is 0 Å². The summed E-state index contributed by atoms with van der Waals surface area (Å²) >= 11 is 0. The summed E-state index contributed by atoms with van der Waals surface area (Å²) in [4.78, 5) is 9.98. The zero-order chi connectivity index (χ0) is 18.4. The van der Waals surface area contributed by atoms with Gasteiger partial charge < -0.3 is 15.0 Å². The van der Waals surface area contributed by atoms with Crippen LogP contribution in [0.25, 0.3) is 0 Å². The van der Waals surface area contributed by atoms with Gasteiger partial charge in [0.15, 0.2) is 5.96 Å². The second-order valence-corrected chi connectivity index (χ2v) is 7.54. The molecule has 0 spiro atoms. The largest absolute Gasteiger partial charge is 0.379 e. The maximum Gasteiger partial charge on any atom is 0.193 e. The Balaban J connectivity index is 1.59. The molecule has 2 aliphatic rings. The lowest BCUT2D eigenvalue weighted by Gasteiger charge is -2.32. The summed E-state index contributed by atoms with van der Waals surface area (Å²) in [5.41, 5.74) is 2.67. The summed E-state index contributed by atoms with van der Waals surface area (Å²) < 4.78 is 5.50. The lowest BCUT2D eigenvalue weighted by atomic mass is 10.0. The van der Waals surface area contributed by atoms with Crippen molar-refractivity contribution in [1.82, 2.24) is 15.1 Å². The first kappa shape index (κ1) is 19.2. The van der Waals surface area contributed by atoms with Crippen LogP contribution in [-0.2, 0) is 4.74 Å². The van der Waals surface area contributed by atoms with Crippen LogP contribution in [0.3, 0.4) is 0 Å². The average Bonchev–Trinajstić information content (AvgIpc) is 3.16. The first-order chi connectivity index (χ1) is 12.7. The van der Waals surface area contributed by atoms with Gasteiger partial charge in [0.1, 0.15) is 0 Å². The highest BCUT2D eigenvalue weighted by atomic mass is 16.5. The molecule has 0 saturated carbocycles. The Bertz CT molecular complexity index is 580. The van der Waals surface area contributed by atoms with Gasteiger partial charge in [-0.2, -0.15) is 0 Å². The Kier molecular flexibility index (Phi) is 6.92. The van der Waals surface area contributed by atoms with Crippen molar-refractivity contribution >= 4 is 5.96 Å². The van der Waals surface area contributed by atoms with E-state index >= 15 is 0 Å². The molecule has 2 unspecified atom stereocenters. The van der Waals surface area contributed by atoms with E-state index in [9.17, 15) is 0 Å². The molecular weight excluding hydrogens is 324 g/mol. The lowest BCUT2D eigenvalue weighted by molar-refractivity contribution is 0.0195. The van der Waals surface area contributed by atoms with Gasteiger partial charge in [-0.1, -0.05) is 36.8 Å². The lowest BCUT2D eigenvalue weighted by Crippen LogP contribution is -2.46. The molecule has 2 aliphatic heterocycles. The molecular formula is C21H34N4O. The number of morpholine rings is 1. The summed E-state index contributed by atoms with van der Waals surface area (Å²) in [6, 6.07) is 9.47. The van der Waals surface area contributed by atoms with E-state index in [1.54, 1.807) is 0 Å². The Morgan fingerprint density at radius 3 is 2.65 bits per heavy atom. The molecule has 1 aromatic rings. The molecule has 1 N–H and O–H groups in total. The van der Waals surface area contributed by atoms with Crippen molar-refractivity contribution in [3.63, 3.8) is 0 Å². The summed E-state index contributed by atoms with van der Waals surface area (Å²) in [5.74, 6) is 1.50. The number of nitrogens with one attached hydrogen (secondary N) is 1. The van der Waals surface area contributed by atoms with E-state index < -0.39 is 0 Å². The highest BCUT2D eigenvalue weighted by Crippen LogP contribution is 2.19. The maximum atomic E-state index is 5.50. The molecule has 5 heteroatoms. The maximum absolute atomic E-state index is 5.50. The van der Waals surface area contributed by atoms with E-state index in [-0.39, 0.29) is 0 Å². The topological polar surface area (TPSA) is 40.1 Å². The quantitative estimate of drug-likeness (QED) is 0.648. The van der Waals surface area contributed by atoms with Crippen molar-refractivity contribution in [2.45, 2.75) is 39.2 Å². The van der Waals surface area contributed by atoms with Gasteiger partial charge in [0.25, 0.3) is 0 Å². The van der Waals surface area contributed by atoms with Gasteiger partial charge in [0.2, 0.25) is 0 Å². The summed E-state index contributed by atoms with van der Waals surface area (Å²) in [5, 5.41) is 3.50. The number of likely N-dealkylation sites (tertiary alicyclic amines) is 1. The van der Waals surface area contributed by atoms with Gasteiger partial charge in [-0.25, -0.2) is 0 Å². The molecule has 5 nitrogen and oxygen atoms in total. The van der Waals surface area contributed by atoms with E-state index in [1.807, 2.05) is 0 Å². The number of aliphatic imine (C=N–C) groups is 1. The van der Waals surface area contributed by atoms with Crippen LogP contribution in [0.1, 0.15) is 37.3 Å². The number of nitrogens with zero attached hydrogens (tertiary/aromatic N) is 3. The number of hydrogen-bond donors (Lipinski definition) is 1. The number of ether oxygens (including phenoxy) is 1. The Morgan fingerprint density at radius 2 is 1.96 bits per heavy atom. The minimum Gasteiger partial charge on any atom is -0.379 e.